The van der Waals surface area contributed by atoms with Gasteiger partial charge in [-0.05, 0) is 44.9 Å². The molecule has 1 N–H and O–H groups in total. The molecule has 0 spiro atoms. The number of aryl methyl sites for hydroxylation is 1. The highest BCUT2D eigenvalue weighted by molar-refractivity contribution is 7.89. The van der Waals surface area contributed by atoms with E-state index in [1.165, 1.54) is 23.4 Å². The van der Waals surface area contributed by atoms with Crippen molar-refractivity contribution in [3.05, 3.63) is 41.3 Å². The Balaban J connectivity index is 1.88. The molecule has 0 saturated carbocycles. The molecule has 1 aromatic carbocycles. The molecule has 1 saturated heterocycles. The molecule has 28 heavy (non-hydrogen) atoms. The van der Waals surface area contributed by atoms with Crippen molar-refractivity contribution >= 4 is 21.6 Å². The number of sulfonamides is 1. The van der Waals surface area contributed by atoms with Gasteiger partial charge >= 0.3 is 0 Å². The lowest BCUT2D eigenvalue weighted by molar-refractivity contribution is 0.0995. The fraction of sp³-hybridized carbons (Fsp3) is 0.368. The third kappa shape index (κ3) is 3.88. The van der Waals surface area contributed by atoms with Crippen molar-refractivity contribution in [2.45, 2.75) is 31.6 Å². The van der Waals surface area contributed by atoms with Crippen LogP contribution in [-0.4, -0.2) is 38.3 Å². The summed E-state index contributed by atoms with van der Waals surface area (Å²) in [5, 5.41) is 11.7. The van der Waals surface area contributed by atoms with Gasteiger partial charge in [-0.25, -0.2) is 8.42 Å². The molecule has 1 aliphatic rings. The number of rotatable bonds is 6. The number of ether oxygens (including phenoxy) is 1. The van der Waals surface area contributed by atoms with E-state index in [1.54, 1.807) is 19.1 Å². The first-order chi connectivity index (χ1) is 13.4. The Bertz CT molecular complexity index is 1030. The fourth-order valence-corrected chi connectivity index (χ4v) is 4.74. The number of amides is 1. The van der Waals surface area contributed by atoms with Gasteiger partial charge < -0.3 is 14.5 Å². The monoisotopic (exact) mass is 403 g/mol. The summed E-state index contributed by atoms with van der Waals surface area (Å²) in [7, 11) is -3.69. The molecule has 3 rings (SSSR count). The van der Waals surface area contributed by atoms with Gasteiger partial charge in [0, 0.05) is 19.2 Å². The molecule has 0 unspecified atom stereocenters. The van der Waals surface area contributed by atoms with Gasteiger partial charge in [0.25, 0.3) is 5.91 Å². The molecular weight excluding hydrogens is 382 g/mol. The van der Waals surface area contributed by atoms with E-state index in [0.717, 1.165) is 12.8 Å². The Labute approximate surface area is 163 Å². The van der Waals surface area contributed by atoms with Gasteiger partial charge in [0.15, 0.2) is 5.76 Å². The highest BCUT2D eigenvalue weighted by atomic mass is 32.2. The van der Waals surface area contributed by atoms with Crippen molar-refractivity contribution in [2.24, 2.45) is 0 Å². The van der Waals surface area contributed by atoms with Crippen LogP contribution in [0.3, 0.4) is 0 Å². The number of nitrogens with zero attached hydrogens (tertiary/aromatic N) is 2. The average Bonchev–Trinajstić information content (AvgIpc) is 3.33. The van der Waals surface area contributed by atoms with E-state index in [1.807, 2.05) is 6.07 Å². The molecule has 1 aromatic heterocycles. The van der Waals surface area contributed by atoms with E-state index in [0.29, 0.717) is 36.7 Å². The van der Waals surface area contributed by atoms with Crippen LogP contribution in [0.4, 0.5) is 5.69 Å². The number of hydrogen-bond acceptors (Lipinski definition) is 6. The molecule has 8 nitrogen and oxygen atoms in total. The number of nitriles is 1. The molecule has 1 aliphatic heterocycles. The molecule has 1 amide bonds. The van der Waals surface area contributed by atoms with Crippen molar-refractivity contribution < 1.29 is 22.4 Å². The number of carbonyl (C=O) groups is 1. The Morgan fingerprint density at radius 1 is 1.32 bits per heavy atom. The molecule has 0 atom stereocenters. The third-order valence-corrected chi connectivity index (χ3v) is 6.44. The quantitative estimate of drug-likeness (QED) is 0.793. The van der Waals surface area contributed by atoms with Crippen LogP contribution in [0.15, 0.2) is 33.6 Å². The minimum absolute atomic E-state index is 0.00430. The molecule has 2 heterocycles. The zero-order valence-corrected chi connectivity index (χ0v) is 16.5. The SMILES string of the molecule is CCOc1ccc(C#N)cc1NC(=O)c1cc(S(=O)(=O)N2CCCC2)c(C)o1. The van der Waals surface area contributed by atoms with Crippen molar-refractivity contribution in [3.8, 4) is 11.8 Å². The van der Waals surface area contributed by atoms with E-state index >= 15 is 0 Å². The van der Waals surface area contributed by atoms with Crippen molar-refractivity contribution in [1.29, 1.82) is 5.26 Å². The van der Waals surface area contributed by atoms with Crippen LogP contribution in [0.5, 0.6) is 5.75 Å². The summed E-state index contributed by atoms with van der Waals surface area (Å²) < 4.78 is 37.8. The van der Waals surface area contributed by atoms with Gasteiger partial charge in [-0.2, -0.15) is 9.57 Å². The lowest BCUT2D eigenvalue weighted by Gasteiger charge is -2.14. The molecule has 1 fully saturated rings. The van der Waals surface area contributed by atoms with Crippen LogP contribution in [0.1, 0.15) is 41.6 Å². The number of nitrogens with one attached hydrogen (secondary N) is 1. The van der Waals surface area contributed by atoms with Crippen LogP contribution < -0.4 is 10.1 Å². The summed E-state index contributed by atoms with van der Waals surface area (Å²) in [6.45, 7) is 4.63. The predicted molar refractivity (Wildman–Crippen MR) is 102 cm³/mol. The maximum absolute atomic E-state index is 12.8. The lowest BCUT2D eigenvalue weighted by atomic mass is 10.2. The van der Waals surface area contributed by atoms with E-state index in [2.05, 4.69) is 5.32 Å². The van der Waals surface area contributed by atoms with Gasteiger partial charge in [0.1, 0.15) is 16.4 Å². The number of hydrogen-bond donors (Lipinski definition) is 1. The number of anilines is 1. The zero-order valence-electron chi connectivity index (χ0n) is 15.7. The second-order valence-corrected chi connectivity index (χ2v) is 8.26. The summed E-state index contributed by atoms with van der Waals surface area (Å²) in [5.74, 6) is -0.182. The minimum atomic E-state index is -3.69. The van der Waals surface area contributed by atoms with Gasteiger partial charge in [-0.3, -0.25) is 4.79 Å². The molecule has 0 bridgehead atoms. The van der Waals surface area contributed by atoms with E-state index in [9.17, 15) is 13.2 Å². The standard InChI is InChI=1S/C19H21N3O5S/c1-3-26-16-7-6-14(12-20)10-15(16)21-19(23)17-11-18(13(2)27-17)28(24,25)22-8-4-5-9-22/h6-7,10-11H,3-5,8-9H2,1-2H3,(H,21,23). The van der Waals surface area contributed by atoms with Crippen molar-refractivity contribution in [2.75, 3.05) is 25.0 Å². The van der Waals surface area contributed by atoms with E-state index < -0.39 is 15.9 Å². The summed E-state index contributed by atoms with van der Waals surface area (Å²) >= 11 is 0. The highest BCUT2D eigenvalue weighted by Gasteiger charge is 2.31. The summed E-state index contributed by atoms with van der Waals surface area (Å²) in [5.41, 5.74) is 0.663. The molecule has 148 valence electrons. The zero-order chi connectivity index (χ0) is 20.3. The first-order valence-corrected chi connectivity index (χ1v) is 10.4. The van der Waals surface area contributed by atoms with Gasteiger partial charge in [-0.15, -0.1) is 0 Å². The molecular formula is C19H21N3O5S. The molecule has 0 aliphatic carbocycles. The average molecular weight is 403 g/mol. The van der Waals surface area contributed by atoms with Crippen LogP contribution in [-0.2, 0) is 10.0 Å². The third-order valence-electron chi connectivity index (χ3n) is 4.44. The first kappa shape index (κ1) is 19.9. The Morgan fingerprint density at radius 3 is 2.68 bits per heavy atom. The number of furan rings is 1. The van der Waals surface area contributed by atoms with E-state index in [-0.39, 0.29) is 16.4 Å². The first-order valence-electron chi connectivity index (χ1n) is 8.95. The normalized spacial score (nSPS) is 14.6. The summed E-state index contributed by atoms with van der Waals surface area (Å²) in [6.07, 6.45) is 1.64. The van der Waals surface area contributed by atoms with Crippen LogP contribution in [0, 0.1) is 18.3 Å². The second kappa shape index (κ2) is 8.04. The maximum atomic E-state index is 12.8. The predicted octanol–water partition coefficient (Wildman–Crippen LogP) is 2.90. The number of benzene rings is 1. The Morgan fingerprint density at radius 2 is 2.04 bits per heavy atom. The summed E-state index contributed by atoms with van der Waals surface area (Å²) in [4.78, 5) is 12.6. The summed E-state index contributed by atoms with van der Waals surface area (Å²) in [6, 6.07) is 7.90. The van der Waals surface area contributed by atoms with Crippen LogP contribution >= 0.6 is 0 Å². The molecule has 9 heteroatoms. The second-order valence-electron chi connectivity index (χ2n) is 6.35. The maximum Gasteiger partial charge on any atom is 0.291 e. The van der Waals surface area contributed by atoms with Crippen LogP contribution in [0.25, 0.3) is 0 Å². The van der Waals surface area contributed by atoms with Gasteiger partial charge in [-0.1, -0.05) is 0 Å². The largest absolute Gasteiger partial charge is 0.492 e. The van der Waals surface area contributed by atoms with E-state index in [4.69, 9.17) is 14.4 Å². The molecule has 0 radical (unpaired) electrons. The molecule has 2 aromatic rings. The smallest absolute Gasteiger partial charge is 0.291 e. The Hall–Kier alpha value is -2.83. The fourth-order valence-electron chi connectivity index (χ4n) is 3.06. The van der Waals surface area contributed by atoms with Gasteiger partial charge in [0.05, 0.1) is 23.9 Å². The van der Waals surface area contributed by atoms with Crippen molar-refractivity contribution in [3.63, 3.8) is 0 Å². The highest BCUT2D eigenvalue weighted by Crippen LogP contribution is 2.29. The lowest BCUT2D eigenvalue weighted by Crippen LogP contribution is -2.28. The topological polar surface area (TPSA) is 113 Å². The van der Waals surface area contributed by atoms with Gasteiger partial charge in [0.2, 0.25) is 10.0 Å². The minimum Gasteiger partial charge on any atom is -0.492 e. The number of carbonyl (C=O) groups excluding carboxylic acids is 1. The van der Waals surface area contributed by atoms with Crippen LogP contribution in [0.2, 0.25) is 0 Å². The Kier molecular flexibility index (Phi) is 5.72. The van der Waals surface area contributed by atoms with Crippen molar-refractivity contribution in [1.82, 2.24) is 4.31 Å².